The molecular formula is C12H15N7O2S. The minimum Gasteiger partial charge on any atom is -0.471 e. The average Bonchev–Trinajstić information content (AvgIpc) is 3.15. The van der Waals surface area contributed by atoms with Crippen molar-refractivity contribution in [2.75, 3.05) is 18.8 Å². The second kappa shape index (κ2) is 6.69. The van der Waals surface area contributed by atoms with Crippen LogP contribution in [0.25, 0.3) is 0 Å². The number of carbonyl (C=O) groups excluding carboxylic acids is 1. The first-order chi connectivity index (χ1) is 10.7. The van der Waals surface area contributed by atoms with Crippen molar-refractivity contribution in [2.45, 2.75) is 17.7 Å². The Bertz CT molecular complexity index is 635. The molecule has 9 nitrogen and oxygen atoms in total. The molecule has 0 aromatic carbocycles. The fourth-order valence-corrected chi connectivity index (χ4v) is 2.88. The highest BCUT2D eigenvalue weighted by atomic mass is 32.2. The first kappa shape index (κ1) is 14.7. The summed E-state index contributed by atoms with van der Waals surface area (Å²) in [6.45, 7) is 1.24. The van der Waals surface area contributed by atoms with Crippen molar-refractivity contribution < 1.29 is 9.53 Å². The molecule has 0 aliphatic carbocycles. The minimum absolute atomic E-state index is 0.0397. The quantitative estimate of drug-likeness (QED) is 0.697. The Morgan fingerprint density at radius 2 is 2.41 bits per heavy atom. The Kier molecular flexibility index (Phi) is 4.47. The van der Waals surface area contributed by atoms with Crippen LogP contribution in [-0.2, 0) is 11.8 Å². The van der Waals surface area contributed by atoms with Crippen LogP contribution in [0.4, 0.5) is 0 Å². The lowest BCUT2D eigenvalue weighted by Crippen LogP contribution is -2.32. The van der Waals surface area contributed by atoms with Crippen LogP contribution in [-0.4, -0.2) is 65.9 Å². The summed E-state index contributed by atoms with van der Waals surface area (Å²) in [6.07, 6.45) is 5.50. The van der Waals surface area contributed by atoms with Gasteiger partial charge in [0.05, 0.1) is 18.5 Å². The summed E-state index contributed by atoms with van der Waals surface area (Å²) in [5.74, 6) is 0.853. The summed E-state index contributed by atoms with van der Waals surface area (Å²) in [6, 6.07) is 0. The second-order valence-corrected chi connectivity index (χ2v) is 5.73. The SMILES string of the molecule is Cn1nnnc1SCC(=O)N1CCC(Oc2cnccn2)C1. The van der Waals surface area contributed by atoms with Crippen molar-refractivity contribution in [3.63, 3.8) is 0 Å². The van der Waals surface area contributed by atoms with Gasteiger partial charge in [-0.3, -0.25) is 9.78 Å². The molecule has 2 aromatic rings. The highest BCUT2D eigenvalue weighted by molar-refractivity contribution is 7.99. The molecule has 1 saturated heterocycles. The molecule has 1 amide bonds. The zero-order valence-electron chi connectivity index (χ0n) is 12.0. The van der Waals surface area contributed by atoms with E-state index in [2.05, 4.69) is 25.5 Å². The van der Waals surface area contributed by atoms with Crippen molar-refractivity contribution in [3.05, 3.63) is 18.6 Å². The average molecular weight is 321 g/mol. The second-order valence-electron chi connectivity index (χ2n) is 4.79. The molecule has 3 rings (SSSR count). The Morgan fingerprint density at radius 1 is 1.50 bits per heavy atom. The van der Waals surface area contributed by atoms with Crippen LogP contribution in [0.1, 0.15) is 6.42 Å². The highest BCUT2D eigenvalue weighted by Crippen LogP contribution is 2.18. The van der Waals surface area contributed by atoms with Crippen LogP contribution in [0.3, 0.4) is 0 Å². The van der Waals surface area contributed by atoms with E-state index in [1.54, 1.807) is 35.2 Å². The maximum absolute atomic E-state index is 12.2. The van der Waals surface area contributed by atoms with Crippen LogP contribution in [0.15, 0.2) is 23.7 Å². The van der Waals surface area contributed by atoms with E-state index in [1.165, 1.54) is 11.8 Å². The van der Waals surface area contributed by atoms with E-state index in [1.807, 2.05) is 0 Å². The van der Waals surface area contributed by atoms with Crippen molar-refractivity contribution >= 4 is 17.7 Å². The van der Waals surface area contributed by atoms with Crippen molar-refractivity contribution in [2.24, 2.45) is 7.05 Å². The number of hydrogen-bond donors (Lipinski definition) is 0. The summed E-state index contributed by atoms with van der Waals surface area (Å²) in [5.41, 5.74) is 0. The third-order valence-electron chi connectivity index (χ3n) is 3.23. The van der Waals surface area contributed by atoms with Gasteiger partial charge in [-0.2, -0.15) is 0 Å². The lowest BCUT2D eigenvalue weighted by molar-refractivity contribution is -0.127. The number of aryl methyl sites for hydroxylation is 1. The molecule has 1 atom stereocenters. The van der Waals surface area contributed by atoms with Gasteiger partial charge in [-0.1, -0.05) is 11.8 Å². The lowest BCUT2D eigenvalue weighted by atomic mass is 10.3. The molecular weight excluding hydrogens is 306 g/mol. The van der Waals surface area contributed by atoms with E-state index in [0.29, 0.717) is 29.9 Å². The normalized spacial score (nSPS) is 17.7. The van der Waals surface area contributed by atoms with Gasteiger partial charge in [0.1, 0.15) is 6.10 Å². The van der Waals surface area contributed by atoms with Gasteiger partial charge in [0.25, 0.3) is 0 Å². The molecule has 1 unspecified atom stereocenters. The van der Waals surface area contributed by atoms with Crippen molar-refractivity contribution in [1.82, 2.24) is 35.1 Å². The monoisotopic (exact) mass is 321 g/mol. The number of hydrogen-bond acceptors (Lipinski definition) is 8. The van der Waals surface area contributed by atoms with Gasteiger partial charge in [-0.15, -0.1) is 5.10 Å². The van der Waals surface area contributed by atoms with Crippen molar-refractivity contribution in [1.29, 1.82) is 0 Å². The molecule has 1 aliphatic heterocycles. The number of aromatic nitrogens is 6. The van der Waals surface area contributed by atoms with Crippen LogP contribution in [0.5, 0.6) is 5.88 Å². The van der Waals surface area contributed by atoms with Gasteiger partial charge >= 0.3 is 0 Å². The highest BCUT2D eigenvalue weighted by Gasteiger charge is 2.28. The predicted octanol–water partition coefficient (Wildman–Crippen LogP) is -0.228. The van der Waals surface area contributed by atoms with Crippen molar-refractivity contribution in [3.8, 4) is 5.88 Å². The van der Waals surface area contributed by atoms with E-state index >= 15 is 0 Å². The summed E-state index contributed by atoms with van der Waals surface area (Å²) in [4.78, 5) is 22.0. The maximum Gasteiger partial charge on any atom is 0.233 e. The Balaban J connectivity index is 1.47. The molecule has 2 aromatic heterocycles. The molecule has 1 aliphatic rings. The standard InChI is InChI=1S/C12H15N7O2S/c1-18-12(15-16-17-18)22-8-11(20)19-5-2-9(7-19)21-10-6-13-3-4-14-10/h3-4,6,9H,2,5,7-8H2,1H3. The first-order valence-corrected chi connectivity index (χ1v) is 7.76. The molecule has 0 saturated carbocycles. The molecule has 0 bridgehead atoms. The van der Waals surface area contributed by atoms with E-state index in [9.17, 15) is 4.79 Å². The van der Waals surface area contributed by atoms with Crippen LogP contribution >= 0.6 is 11.8 Å². The van der Waals surface area contributed by atoms with Gasteiger partial charge in [0.15, 0.2) is 0 Å². The third kappa shape index (κ3) is 3.50. The molecule has 10 heteroatoms. The molecule has 1 fully saturated rings. The smallest absolute Gasteiger partial charge is 0.233 e. The van der Waals surface area contributed by atoms with Gasteiger partial charge in [-0.05, 0) is 10.4 Å². The fourth-order valence-electron chi connectivity index (χ4n) is 2.13. The lowest BCUT2D eigenvalue weighted by Gasteiger charge is -2.16. The summed E-state index contributed by atoms with van der Waals surface area (Å²) < 4.78 is 7.26. The predicted molar refractivity (Wildman–Crippen MR) is 77.2 cm³/mol. The number of likely N-dealkylation sites (tertiary alicyclic amines) is 1. The van der Waals surface area contributed by atoms with E-state index in [-0.39, 0.29) is 12.0 Å². The van der Waals surface area contributed by atoms with Gasteiger partial charge in [0, 0.05) is 32.4 Å². The van der Waals surface area contributed by atoms with Crippen LogP contribution in [0.2, 0.25) is 0 Å². The molecule has 0 N–H and O–H groups in total. The van der Waals surface area contributed by atoms with Gasteiger partial charge in [-0.25, -0.2) is 9.67 Å². The topological polar surface area (TPSA) is 98.9 Å². The number of rotatable bonds is 5. The minimum atomic E-state index is -0.0397. The molecule has 116 valence electrons. The largest absolute Gasteiger partial charge is 0.471 e. The van der Waals surface area contributed by atoms with Crippen LogP contribution < -0.4 is 4.74 Å². The van der Waals surface area contributed by atoms with E-state index in [4.69, 9.17) is 4.74 Å². The molecule has 3 heterocycles. The van der Waals surface area contributed by atoms with Crippen LogP contribution in [0, 0.1) is 0 Å². The number of thioether (sulfide) groups is 1. The number of ether oxygens (including phenoxy) is 1. The number of amides is 1. The number of tetrazole rings is 1. The maximum atomic E-state index is 12.2. The number of carbonyl (C=O) groups is 1. The summed E-state index contributed by atoms with van der Waals surface area (Å²) >= 11 is 1.33. The van der Waals surface area contributed by atoms with Gasteiger partial charge in [0.2, 0.25) is 16.9 Å². The van der Waals surface area contributed by atoms with Gasteiger partial charge < -0.3 is 9.64 Å². The summed E-state index contributed by atoms with van der Waals surface area (Å²) in [5, 5.41) is 11.7. The number of nitrogens with zero attached hydrogens (tertiary/aromatic N) is 7. The third-order valence-corrected chi connectivity index (χ3v) is 4.23. The molecule has 0 radical (unpaired) electrons. The fraction of sp³-hybridized carbons (Fsp3) is 0.500. The first-order valence-electron chi connectivity index (χ1n) is 6.78. The Hall–Kier alpha value is -2.23. The van der Waals surface area contributed by atoms with E-state index < -0.39 is 0 Å². The zero-order chi connectivity index (χ0) is 15.4. The molecule has 0 spiro atoms. The zero-order valence-corrected chi connectivity index (χ0v) is 12.8. The van der Waals surface area contributed by atoms with E-state index in [0.717, 1.165) is 6.42 Å². The Morgan fingerprint density at radius 3 is 3.14 bits per heavy atom. The molecule has 22 heavy (non-hydrogen) atoms. The Labute approximate surface area is 131 Å². The summed E-state index contributed by atoms with van der Waals surface area (Å²) in [7, 11) is 1.74.